The smallest absolute Gasteiger partial charge is 0.238 e. The number of nitrogens with one attached hydrogen (secondary N) is 2. The number of amides is 1. The summed E-state index contributed by atoms with van der Waals surface area (Å²) in [5.41, 5.74) is 1.33. The van der Waals surface area contributed by atoms with Crippen molar-refractivity contribution in [1.82, 2.24) is 5.32 Å². The highest BCUT2D eigenvalue weighted by Gasteiger charge is 2.38. The summed E-state index contributed by atoms with van der Waals surface area (Å²) in [5, 5.41) is 5.85. The monoisotopic (exact) mass is 296 g/mol. The van der Waals surface area contributed by atoms with Crippen molar-refractivity contribution in [2.45, 2.75) is 25.8 Å². The van der Waals surface area contributed by atoms with Gasteiger partial charge in [-0.25, -0.2) is 8.42 Å². The van der Waals surface area contributed by atoms with E-state index in [-0.39, 0.29) is 24.0 Å². The maximum atomic E-state index is 11.9. The first-order chi connectivity index (χ1) is 9.28. The fourth-order valence-corrected chi connectivity index (χ4v) is 4.49. The molecule has 110 valence electrons. The highest BCUT2D eigenvalue weighted by molar-refractivity contribution is 7.91. The van der Waals surface area contributed by atoms with Crippen LogP contribution in [0.3, 0.4) is 0 Å². The summed E-state index contributed by atoms with van der Waals surface area (Å²) >= 11 is 0. The van der Waals surface area contributed by atoms with Crippen molar-refractivity contribution in [2.75, 3.05) is 23.4 Å². The number of anilines is 1. The van der Waals surface area contributed by atoms with Crippen molar-refractivity contribution >= 4 is 21.4 Å². The van der Waals surface area contributed by atoms with E-state index >= 15 is 0 Å². The third-order valence-corrected chi connectivity index (χ3v) is 5.38. The van der Waals surface area contributed by atoms with Crippen molar-refractivity contribution in [3.8, 4) is 0 Å². The van der Waals surface area contributed by atoms with E-state index in [1.165, 1.54) is 0 Å². The Balaban J connectivity index is 1.87. The van der Waals surface area contributed by atoms with Gasteiger partial charge >= 0.3 is 0 Å². The van der Waals surface area contributed by atoms with Gasteiger partial charge in [0, 0.05) is 11.2 Å². The molecule has 2 rings (SSSR count). The number of sulfone groups is 1. The Labute approximate surface area is 119 Å². The minimum absolute atomic E-state index is 0.0950. The molecule has 1 saturated heterocycles. The van der Waals surface area contributed by atoms with Crippen molar-refractivity contribution in [2.24, 2.45) is 0 Å². The van der Waals surface area contributed by atoms with Crippen molar-refractivity contribution < 1.29 is 13.2 Å². The van der Waals surface area contributed by atoms with Gasteiger partial charge in [0.1, 0.15) is 0 Å². The lowest BCUT2D eigenvalue weighted by Gasteiger charge is -2.23. The van der Waals surface area contributed by atoms with Crippen LogP contribution in [0.15, 0.2) is 24.3 Å². The second-order valence-electron chi connectivity index (χ2n) is 5.67. The third-order valence-electron chi connectivity index (χ3n) is 3.48. The maximum absolute atomic E-state index is 11.9. The zero-order valence-corrected chi connectivity index (χ0v) is 12.6. The van der Waals surface area contributed by atoms with Gasteiger partial charge < -0.3 is 10.6 Å². The Morgan fingerprint density at radius 3 is 2.75 bits per heavy atom. The Morgan fingerprint density at radius 1 is 1.40 bits per heavy atom. The minimum Gasteiger partial charge on any atom is -0.325 e. The van der Waals surface area contributed by atoms with Gasteiger partial charge in [0.2, 0.25) is 5.91 Å². The number of rotatable bonds is 4. The Bertz CT molecular complexity index is 613. The summed E-state index contributed by atoms with van der Waals surface area (Å²) in [4.78, 5) is 11.9. The lowest BCUT2D eigenvalue weighted by atomic mass is 10.0. The lowest BCUT2D eigenvalue weighted by Crippen LogP contribution is -2.46. The highest BCUT2D eigenvalue weighted by atomic mass is 32.2. The molecule has 5 nitrogen and oxygen atoms in total. The molecule has 1 aliphatic rings. The van der Waals surface area contributed by atoms with Crippen molar-refractivity contribution in [3.05, 3.63) is 29.8 Å². The van der Waals surface area contributed by atoms with Gasteiger partial charge in [0.15, 0.2) is 9.84 Å². The molecule has 0 unspecified atom stereocenters. The largest absolute Gasteiger partial charge is 0.325 e. The van der Waals surface area contributed by atoms with Crippen molar-refractivity contribution in [1.29, 1.82) is 0 Å². The van der Waals surface area contributed by atoms with Crippen LogP contribution in [0, 0.1) is 6.92 Å². The summed E-state index contributed by atoms with van der Waals surface area (Å²) in [5.74, 6) is 0.120. The first kappa shape index (κ1) is 15.0. The topological polar surface area (TPSA) is 75.3 Å². The SMILES string of the molecule is Cc1cccc(NC(=O)CN[C@]2(C)CCS(=O)(=O)C2)c1. The Morgan fingerprint density at radius 2 is 2.15 bits per heavy atom. The molecular weight excluding hydrogens is 276 g/mol. The van der Waals surface area contributed by atoms with Crippen LogP contribution in [0.2, 0.25) is 0 Å². The van der Waals surface area contributed by atoms with Gasteiger partial charge in [0.25, 0.3) is 0 Å². The molecule has 1 heterocycles. The normalized spacial score (nSPS) is 24.5. The van der Waals surface area contributed by atoms with Crippen LogP contribution in [0.5, 0.6) is 0 Å². The zero-order valence-electron chi connectivity index (χ0n) is 11.8. The van der Waals surface area contributed by atoms with Crippen LogP contribution in [0.25, 0.3) is 0 Å². The van der Waals surface area contributed by atoms with Crippen LogP contribution in [0.4, 0.5) is 5.69 Å². The maximum Gasteiger partial charge on any atom is 0.238 e. The molecule has 20 heavy (non-hydrogen) atoms. The quantitative estimate of drug-likeness (QED) is 0.872. The van der Waals surface area contributed by atoms with Gasteiger partial charge in [-0.05, 0) is 38.0 Å². The Kier molecular flexibility index (Phi) is 4.15. The molecule has 0 aliphatic carbocycles. The zero-order chi connectivity index (χ0) is 14.8. The van der Waals surface area contributed by atoms with E-state index in [0.717, 1.165) is 11.3 Å². The molecule has 1 aromatic carbocycles. The van der Waals surface area contributed by atoms with Gasteiger partial charge in [-0.3, -0.25) is 4.79 Å². The average molecular weight is 296 g/mol. The molecule has 0 bridgehead atoms. The Hall–Kier alpha value is -1.40. The lowest BCUT2D eigenvalue weighted by molar-refractivity contribution is -0.115. The van der Waals surface area contributed by atoms with Crippen LogP contribution >= 0.6 is 0 Å². The molecule has 0 radical (unpaired) electrons. The number of hydrogen-bond acceptors (Lipinski definition) is 4. The van der Waals surface area contributed by atoms with Gasteiger partial charge in [0.05, 0.1) is 18.1 Å². The minimum atomic E-state index is -2.96. The second kappa shape index (κ2) is 5.54. The molecular formula is C14H20N2O3S. The van der Waals surface area contributed by atoms with E-state index in [4.69, 9.17) is 0 Å². The van der Waals surface area contributed by atoms with Crippen LogP contribution in [-0.2, 0) is 14.6 Å². The van der Waals surface area contributed by atoms with E-state index in [1.807, 2.05) is 38.1 Å². The molecule has 1 atom stereocenters. The van der Waals surface area contributed by atoms with Gasteiger partial charge in [-0.1, -0.05) is 12.1 Å². The molecule has 1 aromatic rings. The summed E-state index contributed by atoms with van der Waals surface area (Å²) in [6, 6.07) is 7.55. The fraction of sp³-hybridized carbons (Fsp3) is 0.500. The summed E-state index contributed by atoms with van der Waals surface area (Å²) in [6.07, 6.45) is 0.549. The van der Waals surface area contributed by atoms with Crippen molar-refractivity contribution in [3.63, 3.8) is 0 Å². The molecule has 2 N–H and O–H groups in total. The number of hydrogen-bond donors (Lipinski definition) is 2. The number of carbonyl (C=O) groups is 1. The fourth-order valence-electron chi connectivity index (χ4n) is 2.37. The van der Waals surface area contributed by atoms with Crippen LogP contribution < -0.4 is 10.6 Å². The third kappa shape index (κ3) is 4.05. The first-order valence-corrected chi connectivity index (χ1v) is 8.42. The average Bonchev–Trinajstić information content (AvgIpc) is 2.62. The van der Waals surface area contributed by atoms with E-state index in [0.29, 0.717) is 6.42 Å². The van der Waals surface area contributed by atoms with Gasteiger partial charge in [-0.2, -0.15) is 0 Å². The second-order valence-corrected chi connectivity index (χ2v) is 7.86. The molecule has 1 amide bonds. The number of benzene rings is 1. The van der Waals surface area contributed by atoms with E-state index in [1.54, 1.807) is 0 Å². The molecule has 0 aromatic heterocycles. The molecule has 1 fully saturated rings. The number of aryl methyl sites for hydroxylation is 1. The van der Waals surface area contributed by atoms with Crippen LogP contribution in [0.1, 0.15) is 18.9 Å². The summed E-state index contributed by atoms with van der Waals surface area (Å²) < 4.78 is 23.0. The highest BCUT2D eigenvalue weighted by Crippen LogP contribution is 2.22. The standard InChI is InChI=1S/C14H20N2O3S/c1-11-4-3-5-12(8-11)16-13(17)9-15-14(2)6-7-20(18,19)10-14/h3-5,8,15H,6-7,9-10H2,1-2H3,(H,16,17)/t14-/m1/s1. The summed E-state index contributed by atoms with van der Waals surface area (Å²) in [6.45, 7) is 3.91. The molecule has 0 spiro atoms. The summed E-state index contributed by atoms with van der Waals surface area (Å²) in [7, 11) is -2.96. The first-order valence-electron chi connectivity index (χ1n) is 6.60. The molecule has 0 saturated carbocycles. The molecule has 1 aliphatic heterocycles. The molecule has 6 heteroatoms. The van der Waals surface area contributed by atoms with E-state index < -0.39 is 15.4 Å². The van der Waals surface area contributed by atoms with Gasteiger partial charge in [-0.15, -0.1) is 0 Å². The number of carbonyl (C=O) groups excluding carboxylic acids is 1. The van der Waals surface area contributed by atoms with E-state index in [2.05, 4.69) is 10.6 Å². The predicted molar refractivity (Wildman–Crippen MR) is 79.5 cm³/mol. The van der Waals surface area contributed by atoms with E-state index in [9.17, 15) is 13.2 Å². The van der Waals surface area contributed by atoms with Crippen LogP contribution in [-0.4, -0.2) is 37.9 Å². The predicted octanol–water partition coefficient (Wildman–Crippen LogP) is 1.10.